The van der Waals surface area contributed by atoms with Gasteiger partial charge in [-0.1, -0.05) is 38.8 Å². The van der Waals surface area contributed by atoms with Crippen LogP contribution in [0.15, 0.2) is 36.4 Å². The van der Waals surface area contributed by atoms with Crippen LogP contribution in [-0.2, 0) is 22.4 Å². The van der Waals surface area contributed by atoms with Crippen molar-refractivity contribution in [3.63, 3.8) is 0 Å². The third-order valence-electron chi connectivity index (χ3n) is 7.37. The van der Waals surface area contributed by atoms with Crippen molar-refractivity contribution >= 4 is 34.9 Å². The normalized spacial score (nSPS) is 19.4. The number of carbonyl (C=O) groups excluding carboxylic acids is 4. The summed E-state index contributed by atoms with van der Waals surface area (Å²) in [6.07, 6.45) is 3.50. The summed E-state index contributed by atoms with van der Waals surface area (Å²) in [6, 6.07) is 9.36. The molecule has 0 unspecified atom stereocenters. The molecule has 0 bridgehead atoms. The van der Waals surface area contributed by atoms with Crippen LogP contribution in [0.2, 0.25) is 0 Å². The van der Waals surface area contributed by atoms with Crippen LogP contribution in [0.5, 0.6) is 0 Å². The van der Waals surface area contributed by atoms with Crippen LogP contribution >= 0.6 is 0 Å². The summed E-state index contributed by atoms with van der Waals surface area (Å²) in [4.78, 5) is 52.4. The molecule has 9 heteroatoms. The van der Waals surface area contributed by atoms with E-state index in [0.717, 1.165) is 17.5 Å². The monoisotopic (exact) mass is 521 g/mol. The first-order valence-electron chi connectivity index (χ1n) is 13.3. The van der Waals surface area contributed by atoms with E-state index in [1.54, 1.807) is 36.4 Å². The van der Waals surface area contributed by atoms with Gasteiger partial charge in [-0.05, 0) is 73.5 Å². The SMILES string of the molecule is CC[C@H](C)[C@@H]1NC(=O)c2cc(N)ccc2CCc2ccc(C(N)=O)cc2NC(=O)[C@H](CCCCN)CC1=O. The topological polar surface area (TPSA) is 170 Å². The maximum absolute atomic E-state index is 13.6. The Morgan fingerprint density at radius 3 is 2.45 bits per heavy atom. The number of hydrogen-bond acceptors (Lipinski definition) is 6. The van der Waals surface area contributed by atoms with E-state index in [0.29, 0.717) is 55.6 Å². The summed E-state index contributed by atoms with van der Waals surface area (Å²) in [5, 5.41) is 5.92. The van der Waals surface area contributed by atoms with Crippen LogP contribution in [0, 0.1) is 11.8 Å². The first kappa shape index (κ1) is 28.8. The number of rotatable bonds is 7. The lowest BCUT2D eigenvalue weighted by Gasteiger charge is -2.26. The number of primary amides is 1. The molecule has 1 aliphatic rings. The van der Waals surface area contributed by atoms with Crippen LogP contribution in [0.25, 0.3) is 0 Å². The number of hydrogen-bond donors (Lipinski definition) is 5. The van der Waals surface area contributed by atoms with Crippen molar-refractivity contribution in [2.24, 2.45) is 23.3 Å². The number of ketones is 1. The number of aryl methyl sites for hydroxylation is 2. The molecule has 0 saturated carbocycles. The minimum atomic E-state index is -0.747. The summed E-state index contributed by atoms with van der Waals surface area (Å²) < 4.78 is 0. The molecule has 0 aliphatic carbocycles. The number of unbranched alkanes of at least 4 members (excludes halogenated alkanes) is 1. The summed E-state index contributed by atoms with van der Waals surface area (Å²) in [5.41, 5.74) is 20.3. The van der Waals surface area contributed by atoms with Gasteiger partial charge in [-0.25, -0.2) is 0 Å². The Morgan fingerprint density at radius 1 is 1.05 bits per heavy atom. The first-order valence-corrected chi connectivity index (χ1v) is 13.3. The average molecular weight is 522 g/mol. The largest absolute Gasteiger partial charge is 0.399 e. The van der Waals surface area contributed by atoms with Crippen molar-refractivity contribution in [3.8, 4) is 0 Å². The molecule has 3 atom stereocenters. The highest BCUT2D eigenvalue weighted by Crippen LogP contribution is 2.26. The third-order valence-corrected chi connectivity index (χ3v) is 7.37. The van der Waals surface area contributed by atoms with Crippen LogP contribution in [0.1, 0.15) is 77.8 Å². The van der Waals surface area contributed by atoms with Gasteiger partial charge in [0.1, 0.15) is 0 Å². The molecule has 2 aromatic rings. The molecule has 0 radical (unpaired) electrons. The lowest BCUT2D eigenvalue weighted by Crippen LogP contribution is -2.46. The Hall–Kier alpha value is -3.72. The zero-order valence-electron chi connectivity index (χ0n) is 22.2. The van der Waals surface area contributed by atoms with E-state index in [1.165, 1.54) is 0 Å². The Balaban J connectivity index is 2.09. The fraction of sp³-hybridized carbons (Fsp3) is 0.448. The van der Waals surface area contributed by atoms with Gasteiger partial charge in [0.15, 0.2) is 5.78 Å². The molecular weight excluding hydrogens is 482 g/mol. The van der Waals surface area contributed by atoms with Gasteiger partial charge in [0.05, 0.1) is 6.04 Å². The number of fused-ring (bicyclic) bond motifs is 2. The predicted octanol–water partition coefficient (Wildman–Crippen LogP) is 2.95. The number of nitrogens with two attached hydrogens (primary N) is 3. The highest BCUT2D eigenvalue weighted by Gasteiger charge is 2.31. The molecule has 2 aromatic carbocycles. The minimum absolute atomic E-state index is 0.0275. The van der Waals surface area contributed by atoms with Crippen molar-refractivity contribution in [3.05, 3.63) is 58.7 Å². The van der Waals surface area contributed by atoms with Gasteiger partial charge in [0.2, 0.25) is 11.8 Å². The summed E-state index contributed by atoms with van der Waals surface area (Å²) in [5.74, 6) is -2.22. The van der Waals surface area contributed by atoms with Gasteiger partial charge < -0.3 is 27.8 Å². The second kappa shape index (κ2) is 13.2. The Labute approximate surface area is 223 Å². The van der Waals surface area contributed by atoms with Crippen molar-refractivity contribution in [2.75, 3.05) is 17.6 Å². The Kier molecular flexibility index (Phi) is 10.0. The molecule has 38 heavy (non-hydrogen) atoms. The van der Waals surface area contributed by atoms with E-state index < -0.39 is 17.9 Å². The van der Waals surface area contributed by atoms with Crippen LogP contribution in [0.4, 0.5) is 11.4 Å². The van der Waals surface area contributed by atoms with Crippen molar-refractivity contribution in [2.45, 2.75) is 64.8 Å². The van der Waals surface area contributed by atoms with Crippen molar-refractivity contribution in [1.82, 2.24) is 5.32 Å². The van der Waals surface area contributed by atoms with Crippen LogP contribution in [-0.4, -0.2) is 36.1 Å². The second-order valence-corrected chi connectivity index (χ2v) is 10.1. The summed E-state index contributed by atoms with van der Waals surface area (Å²) >= 11 is 0. The highest BCUT2D eigenvalue weighted by atomic mass is 16.2. The number of benzene rings is 2. The standard InChI is InChI=1S/C29H39N5O4/c1-3-17(2)26-25(35)15-21(6-4-5-13-30)28(37)33-24-14-20(27(32)36)10-9-19(24)8-7-18-11-12-22(31)16-23(18)29(38)34-26/h9-12,14,16-17,21,26H,3-8,13,15,30-31H2,1-2H3,(H2,32,36)(H,33,37)(H,34,38)/t17-,21+,26-/m0/s1. The number of nitrogens with one attached hydrogen (secondary N) is 2. The van der Waals surface area contributed by atoms with Crippen molar-refractivity contribution < 1.29 is 19.2 Å². The Morgan fingerprint density at radius 2 is 1.76 bits per heavy atom. The molecule has 3 amide bonds. The van der Waals surface area contributed by atoms with E-state index in [4.69, 9.17) is 17.2 Å². The molecule has 8 N–H and O–H groups in total. The summed E-state index contributed by atoms with van der Waals surface area (Å²) in [7, 11) is 0. The highest BCUT2D eigenvalue weighted by molar-refractivity contribution is 6.02. The predicted molar refractivity (Wildman–Crippen MR) is 149 cm³/mol. The number of Topliss-reactive ketones (excluding diaryl/α,β-unsaturated/α-hetero) is 1. The van der Waals surface area contributed by atoms with Gasteiger partial charge in [-0.15, -0.1) is 0 Å². The minimum Gasteiger partial charge on any atom is -0.399 e. The van der Waals surface area contributed by atoms with Crippen molar-refractivity contribution in [1.29, 1.82) is 0 Å². The van der Waals surface area contributed by atoms with E-state index >= 15 is 0 Å². The van der Waals surface area contributed by atoms with Gasteiger partial charge >= 0.3 is 0 Å². The lowest BCUT2D eigenvalue weighted by atomic mass is 9.87. The average Bonchev–Trinajstić information content (AvgIpc) is 2.89. The summed E-state index contributed by atoms with van der Waals surface area (Å²) in [6.45, 7) is 4.36. The van der Waals surface area contributed by atoms with E-state index in [2.05, 4.69) is 10.6 Å². The van der Waals surface area contributed by atoms with Crippen LogP contribution < -0.4 is 27.8 Å². The third kappa shape index (κ3) is 7.19. The second-order valence-electron chi connectivity index (χ2n) is 10.1. The fourth-order valence-electron chi connectivity index (χ4n) is 4.82. The van der Waals surface area contributed by atoms with E-state index in [-0.39, 0.29) is 35.5 Å². The first-order chi connectivity index (χ1) is 18.1. The smallest absolute Gasteiger partial charge is 0.252 e. The molecule has 3 rings (SSSR count). The lowest BCUT2D eigenvalue weighted by molar-refractivity contribution is -0.128. The molecule has 0 saturated heterocycles. The number of anilines is 2. The zero-order valence-corrected chi connectivity index (χ0v) is 22.2. The maximum Gasteiger partial charge on any atom is 0.252 e. The molecule has 0 aromatic heterocycles. The van der Waals surface area contributed by atoms with E-state index in [1.807, 2.05) is 13.8 Å². The van der Waals surface area contributed by atoms with E-state index in [9.17, 15) is 19.2 Å². The molecule has 1 heterocycles. The number of nitrogen functional groups attached to an aromatic ring is 1. The molecule has 9 nitrogen and oxygen atoms in total. The quantitative estimate of drug-likeness (QED) is 0.277. The van der Waals surface area contributed by atoms with Gasteiger partial charge in [-0.3, -0.25) is 19.2 Å². The molecule has 0 spiro atoms. The van der Waals surface area contributed by atoms with Gasteiger partial charge in [-0.2, -0.15) is 0 Å². The Bertz CT molecular complexity index is 1200. The maximum atomic E-state index is 13.6. The van der Waals surface area contributed by atoms with Gasteiger partial charge in [0, 0.05) is 34.8 Å². The van der Waals surface area contributed by atoms with Crippen LogP contribution in [0.3, 0.4) is 0 Å². The van der Waals surface area contributed by atoms with Gasteiger partial charge in [0.25, 0.3) is 5.91 Å². The molecule has 0 fully saturated rings. The molecular formula is C29H39N5O4. The molecule has 204 valence electrons. The number of amides is 3. The molecule has 1 aliphatic heterocycles. The number of carbonyl (C=O) groups is 4. The fourth-order valence-corrected chi connectivity index (χ4v) is 4.82. The zero-order chi connectivity index (χ0) is 27.8.